The minimum absolute atomic E-state index is 0. The van der Waals surface area contributed by atoms with Crippen LogP contribution in [0.2, 0.25) is 0 Å². The van der Waals surface area contributed by atoms with Crippen molar-refractivity contribution in [2.45, 2.75) is 26.3 Å². The van der Waals surface area contributed by atoms with E-state index < -0.39 is 0 Å². The second kappa shape index (κ2) is 11.1. The van der Waals surface area contributed by atoms with Gasteiger partial charge in [0.1, 0.15) is 11.6 Å². The number of guanidine groups is 1. The zero-order chi connectivity index (χ0) is 19.1. The predicted molar refractivity (Wildman–Crippen MR) is 126 cm³/mol. The van der Waals surface area contributed by atoms with Crippen molar-refractivity contribution in [2.24, 2.45) is 4.99 Å². The number of hydrogen-bond donors (Lipinski definition) is 2. The molecule has 152 valence electrons. The van der Waals surface area contributed by atoms with E-state index in [1.54, 1.807) is 0 Å². The molecule has 0 saturated carbocycles. The molecule has 2 aromatic rings. The molecule has 6 nitrogen and oxygen atoms in total. The number of benzene rings is 1. The van der Waals surface area contributed by atoms with Crippen molar-refractivity contribution in [3.63, 3.8) is 0 Å². The van der Waals surface area contributed by atoms with Crippen LogP contribution in [-0.2, 0) is 19.4 Å². The number of ether oxygens (including phenoxy) is 1. The fraction of sp³-hybridized carbons (Fsp3) is 0.429. The number of anilines is 1. The molecule has 0 radical (unpaired) electrons. The lowest BCUT2D eigenvalue weighted by atomic mass is 10.1. The molecule has 1 aromatic carbocycles. The van der Waals surface area contributed by atoms with Crippen LogP contribution in [0.15, 0.2) is 41.5 Å². The molecule has 0 amide bonds. The van der Waals surface area contributed by atoms with Crippen molar-refractivity contribution in [3.8, 4) is 5.75 Å². The van der Waals surface area contributed by atoms with Crippen LogP contribution in [0.5, 0.6) is 5.75 Å². The van der Waals surface area contributed by atoms with Gasteiger partial charge in [0.25, 0.3) is 0 Å². The summed E-state index contributed by atoms with van der Waals surface area (Å²) in [6.07, 6.45) is 3.78. The van der Waals surface area contributed by atoms with E-state index in [2.05, 4.69) is 46.8 Å². The largest absolute Gasteiger partial charge is 0.493 e. The minimum Gasteiger partial charge on any atom is -0.493 e. The Morgan fingerprint density at radius 2 is 2.11 bits per heavy atom. The van der Waals surface area contributed by atoms with Crippen LogP contribution in [0.4, 0.5) is 5.82 Å². The van der Waals surface area contributed by atoms with Crippen molar-refractivity contribution in [1.82, 2.24) is 15.6 Å². The molecule has 0 spiro atoms. The average Bonchev–Trinajstić information content (AvgIpc) is 3.14. The second-order valence-electron chi connectivity index (χ2n) is 6.79. The number of aliphatic imine (C=N–C) groups is 1. The molecule has 0 fully saturated rings. The first-order valence-corrected chi connectivity index (χ1v) is 9.55. The molecule has 7 heteroatoms. The minimum atomic E-state index is 0. The molecule has 0 bridgehead atoms. The van der Waals surface area contributed by atoms with Crippen molar-refractivity contribution in [3.05, 3.63) is 53.2 Å². The Balaban J connectivity index is 0.00000280. The van der Waals surface area contributed by atoms with Gasteiger partial charge in [0, 0.05) is 45.4 Å². The standard InChI is InChI=1S/C21H29N5O.HI/c1-4-22-21(25-15-18-6-5-11-23-20(18)26(2)3)24-12-9-16-7-8-19-17(14-16)10-13-27-19;/h5-8,11,14H,4,9-10,12-13,15H2,1-3H3,(H2,22,24,25);1H. The highest BCUT2D eigenvalue weighted by atomic mass is 127. The summed E-state index contributed by atoms with van der Waals surface area (Å²) in [4.78, 5) is 11.2. The molecule has 1 aromatic heterocycles. The number of pyridine rings is 1. The predicted octanol–water partition coefficient (Wildman–Crippen LogP) is 3.00. The smallest absolute Gasteiger partial charge is 0.191 e. The summed E-state index contributed by atoms with van der Waals surface area (Å²) >= 11 is 0. The van der Waals surface area contributed by atoms with Gasteiger partial charge in [0.2, 0.25) is 0 Å². The Labute approximate surface area is 184 Å². The van der Waals surface area contributed by atoms with Crippen molar-refractivity contribution in [2.75, 3.05) is 38.7 Å². The lowest BCUT2D eigenvalue weighted by Gasteiger charge is -2.16. The Bertz CT molecular complexity index is 794. The third kappa shape index (κ3) is 5.98. The topological polar surface area (TPSA) is 61.8 Å². The molecule has 0 atom stereocenters. The first kappa shape index (κ1) is 22.3. The van der Waals surface area contributed by atoms with Crippen molar-refractivity contribution >= 4 is 35.8 Å². The average molecular weight is 495 g/mol. The van der Waals surface area contributed by atoms with Crippen LogP contribution in [-0.4, -0.2) is 44.7 Å². The molecule has 0 saturated heterocycles. The summed E-state index contributed by atoms with van der Waals surface area (Å²) in [6, 6.07) is 10.5. The van der Waals surface area contributed by atoms with E-state index >= 15 is 0 Å². The van der Waals surface area contributed by atoms with E-state index in [-0.39, 0.29) is 24.0 Å². The second-order valence-corrected chi connectivity index (χ2v) is 6.79. The summed E-state index contributed by atoms with van der Waals surface area (Å²) in [5.41, 5.74) is 3.75. The maximum absolute atomic E-state index is 5.58. The summed E-state index contributed by atoms with van der Waals surface area (Å²) in [7, 11) is 4.00. The van der Waals surface area contributed by atoms with Gasteiger partial charge in [-0.3, -0.25) is 0 Å². The number of hydrogen-bond acceptors (Lipinski definition) is 4. The van der Waals surface area contributed by atoms with Crippen LogP contribution in [0.3, 0.4) is 0 Å². The van der Waals surface area contributed by atoms with Gasteiger partial charge in [-0.2, -0.15) is 0 Å². The van der Waals surface area contributed by atoms with E-state index in [0.29, 0.717) is 6.54 Å². The van der Waals surface area contributed by atoms with Crippen LogP contribution in [0, 0.1) is 0 Å². The van der Waals surface area contributed by atoms with Crippen molar-refractivity contribution < 1.29 is 4.74 Å². The Morgan fingerprint density at radius 3 is 2.89 bits per heavy atom. The Hall–Kier alpha value is -2.03. The van der Waals surface area contributed by atoms with E-state index in [4.69, 9.17) is 9.73 Å². The molecule has 3 rings (SSSR count). The van der Waals surface area contributed by atoms with Gasteiger partial charge in [-0.05, 0) is 36.6 Å². The molecule has 0 aliphatic carbocycles. The molecule has 2 N–H and O–H groups in total. The summed E-state index contributed by atoms with van der Waals surface area (Å²) in [5.74, 6) is 2.82. The van der Waals surface area contributed by atoms with Crippen LogP contribution in [0.25, 0.3) is 0 Å². The first-order chi connectivity index (χ1) is 13.2. The number of nitrogens with one attached hydrogen (secondary N) is 2. The molecular weight excluding hydrogens is 465 g/mol. The highest BCUT2D eigenvalue weighted by molar-refractivity contribution is 14.0. The van der Waals surface area contributed by atoms with Crippen LogP contribution < -0.4 is 20.3 Å². The molecular formula is C21H30IN5O. The SMILES string of the molecule is CCNC(=NCc1cccnc1N(C)C)NCCc1ccc2c(c1)CCO2.I. The van der Waals surface area contributed by atoms with E-state index in [1.807, 2.05) is 31.3 Å². The highest BCUT2D eigenvalue weighted by Gasteiger charge is 2.12. The normalized spacial score (nSPS) is 12.6. The third-order valence-electron chi connectivity index (χ3n) is 4.50. The number of aromatic nitrogens is 1. The van der Waals surface area contributed by atoms with Crippen LogP contribution in [0.1, 0.15) is 23.6 Å². The lowest BCUT2D eigenvalue weighted by Crippen LogP contribution is -2.38. The third-order valence-corrected chi connectivity index (χ3v) is 4.50. The van der Waals surface area contributed by atoms with Gasteiger partial charge in [-0.25, -0.2) is 9.98 Å². The zero-order valence-electron chi connectivity index (χ0n) is 16.9. The maximum Gasteiger partial charge on any atom is 0.191 e. The summed E-state index contributed by atoms with van der Waals surface area (Å²) in [6.45, 7) is 5.13. The fourth-order valence-corrected chi connectivity index (χ4v) is 3.18. The van der Waals surface area contributed by atoms with E-state index in [0.717, 1.165) is 55.6 Å². The highest BCUT2D eigenvalue weighted by Crippen LogP contribution is 2.25. The number of halogens is 1. The zero-order valence-corrected chi connectivity index (χ0v) is 19.2. The van der Waals surface area contributed by atoms with Gasteiger partial charge in [0.05, 0.1) is 13.2 Å². The fourth-order valence-electron chi connectivity index (χ4n) is 3.18. The molecule has 28 heavy (non-hydrogen) atoms. The summed E-state index contributed by atoms with van der Waals surface area (Å²) < 4.78 is 5.58. The van der Waals surface area contributed by atoms with E-state index in [1.165, 1.54) is 11.1 Å². The van der Waals surface area contributed by atoms with Crippen molar-refractivity contribution in [1.29, 1.82) is 0 Å². The molecule has 1 aliphatic rings. The van der Waals surface area contributed by atoms with Gasteiger partial charge in [-0.15, -0.1) is 24.0 Å². The number of nitrogens with zero attached hydrogens (tertiary/aromatic N) is 3. The number of rotatable bonds is 7. The van der Waals surface area contributed by atoms with Crippen LogP contribution >= 0.6 is 24.0 Å². The quantitative estimate of drug-likeness (QED) is 0.352. The van der Waals surface area contributed by atoms with Gasteiger partial charge >= 0.3 is 0 Å². The monoisotopic (exact) mass is 495 g/mol. The maximum atomic E-state index is 5.58. The summed E-state index contributed by atoms with van der Waals surface area (Å²) in [5, 5.41) is 6.74. The molecule has 2 heterocycles. The van der Waals surface area contributed by atoms with Gasteiger partial charge < -0.3 is 20.3 Å². The Kier molecular flexibility index (Phi) is 8.82. The van der Waals surface area contributed by atoms with E-state index in [9.17, 15) is 0 Å². The number of fused-ring (bicyclic) bond motifs is 1. The first-order valence-electron chi connectivity index (χ1n) is 9.55. The Morgan fingerprint density at radius 1 is 1.25 bits per heavy atom. The van der Waals surface area contributed by atoms with Gasteiger partial charge in [-0.1, -0.05) is 18.2 Å². The molecule has 1 aliphatic heterocycles. The van der Waals surface area contributed by atoms with Gasteiger partial charge in [0.15, 0.2) is 5.96 Å². The lowest BCUT2D eigenvalue weighted by molar-refractivity contribution is 0.357. The molecule has 0 unspecified atom stereocenters.